The van der Waals surface area contributed by atoms with Crippen molar-refractivity contribution < 1.29 is 9.66 Å². The lowest BCUT2D eigenvalue weighted by Crippen LogP contribution is -2.52. The Balaban J connectivity index is 2.02. The second-order valence-corrected chi connectivity index (χ2v) is 3.25. The predicted molar refractivity (Wildman–Crippen MR) is 51.7 cm³/mol. The molecular formula is C8H10N4O3. The molecule has 0 atom stereocenters. The van der Waals surface area contributed by atoms with E-state index in [2.05, 4.69) is 9.97 Å². The quantitative estimate of drug-likeness (QED) is 0.524. The monoisotopic (exact) mass is 210 g/mol. The van der Waals surface area contributed by atoms with Crippen LogP contribution in [0.3, 0.4) is 0 Å². The highest BCUT2D eigenvalue weighted by Gasteiger charge is 2.28. The molecule has 1 saturated heterocycles. The Labute approximate surface area is 85.9 Å². The predicted octanol–water partition coefficient (Wildman–Crippen LogP) is 0.220. The van der Waals surface area contributed by atoms with Crippen LogP contribution in [0, 0.1) is 10.1 Å². The van der Waals surface area contributed by atoms with Gasteiger partial charge in [0.2, 0.25) is 0 Å². The van der Waals surface area contributed by atoms with Crippen molar-refractivity contribution in [3.05, 3.63) is 22.5 Å². The van der Waals surface area contributed by atoms with Crippen LogP contribution in [-0.2, 0) is 4.74 Å². The van der Waals surface area contributed by atoms with Gasteiger partial charge in [0.15, 0.2) is 12.0 Å². The van der Waals surface area contributed by atoms with Gasteiger partial charge in [-0.25, -0.2) is 4.98 Å². The molecule has 1 aromatic rings. The molecule has 1 aliphatic rings. The van der Waals surface area contributed by atoms with Gasteiger partial charge in [-0.1, -0.05) is 0 Å². The summed E-state index contributed by atoms with van der Waals surface area (Å²) >= 11 is 0. The minimum Gasteiger partial charge on any atom is -0.378 e. The third-order valence-electron chi connectivity index (χ3n) is 2.32. The zero-order valence-electron chi connectivity index (χ0n) is 8.16. The maximum atomic E-state index is 10.3. The van der Waals surface area contributed by atoms with Crippen molar-refractivity contribution in [2.45, 2.75) is 6.10 Å². The van der Waals surface area contributed by atoms with E-state index < -0.39 is 4.92 Å². The van der Waals surface area contributed by atoms with E-state index in [1.165, 1.54) is 6.20 Å². The van der Waals surface area contributed by atoms with Gasteiger partial charge in [0, 0.05) is 20.2 Å². The van der Waals surface area contributed by atoms with Crippen molar-refractivity contribution in [3.8, 4) is 0 Å². The molecule has 0 saturated carbocycles. The van der Waals surface area contributed by atoms with E-state index in [4.69, 9.17) is 4.74 Å². The fourth-order valence-electron chi connectivity index (χ4n) is 1.35. The molecule has 2 rings (SSSR count). The molecule has 80 valence electrons. The molecule has 0 aromatic carbocycles. The summed E-state index contributed by atoms with van der Waals surface area (Å²) in [6, 6.07) is 0. The number of rotatable bonds is 3. The van der Waals surface area contributed by atoms with Crippen LogP contribution in [0.5, 0.6) is 0 Å². The molecule has 0 aliphatic carbocycles. The normalized spacial score (nSPS) is 16.2. The highest BCUT2D eigenvalue weighted by atomic mass is 16.6. The summed E-state index contributed by atoms with van der Waals surface area (Å²) in [6.45, 7) is 1.51. The van der Waals surface area contributed by atoms with E-state index in [0.717, 1.165) is 19.3 Å². The summed E-state index contributed by atoms with van der Waals surface area (Å²) in [5.41, 5.74) is 0. The summed E-state index contributed by atoms with van der Waals surface area (Å²) in [7, 11) is 1.66. The molecule has 7 nitrogen and oxygen atoms in total. The molecule has 1 aromatic heterocycles. The number of anilines is 1. The number of ether oxygens (including phenoxy) is 1. The molecule has 0 unspecified atom stereocenters. The number of nitro groups is 1. The van der Waals surface area contributed by atoms with Gasteiger partial charge in [-0.05, 0) is 9.91 Å². The van der Waals surface area contributed by atoms with E-state index in [-0.39, 0.29) is 11.9 Å². The first-order chi connectivity index (χ1) is 7.20. The van der Waals surface area contributed by atoms with Crippen LogP contribution in [0.2, 0.25) is 0 Å². The van der Waals surface area contributed by atoms with Gasteiger partial charge in [-0.15, -0.1) is 0 Å². The van der Waals surface area contributed by atoms with Crippen molar-refractivity contribution in [2.75, 3.05) is 25.1 Å². The molecule has 0 N–H and O–H groups in total. The number of hydrogen-bond donors (Lipinski definition) is 0. The zero-order valence-corrected chi connectivity index (χ0v) is 8.16. The average Bonchev–Trinajstić information content (AvgIpc) is 2.17. The molecule has 0 radical (unpaired) electrons. The third kappa shape index (κ3) is 1.86. The Kier molecular flexibility index (Phi) is 2.46. The van der Waals surface area contributed by atoms with Gasteiger partial charge in [-0.3, -0.25) is 0 Å². The fourth-order valence-corrected chi connectivity index (χ4v) is 1.35. The SMILES string of the molecule is COC1CN(c2cnc([N+](=O)[O-])cn2)C1. The first-order valence-corrected chi connectivity index (χ1v) is 4.45. The van der Waals surface area contributed by atoms with Crippen LogP contribution in [0.4, 0.5) is 11.6 Å². The van der Waals surface area contributed by atoms with E-state index in [0.29, 0.717) is 5.82 Å². The molecule has 2 heterocycles. The third-order valence-corrected chi connectivity index (χ3v) is 2.32. The van der Waals surface area contributed by atoms with Crippen molar-refractivity contribution in [2.24, 2.45) is 0 Å². The number of aromatic nitrogens is 2. The fraction of sp³-hybridized carbons (Fsp3) is 0.500. The van der Waals surface area contributed by atoms with Crippen LogP contribution in [0.15, 0.2) is 12.4 Å². The van der Waals surface area contributed by atoms with Gasteiger partial charge in [0.25, 0.3) is 0 Å². The van der Waals surface area contributed by atoms with E-state index >= 15 is 0 Å². The Morgan fingerprint density at radius 1 is 1.53 bits per heavy atom. The van der Waals surface area contributed by atoms with Gasteiger partial charge in [-0.2, -0.15) is 0 Å². The lowest BCUT2D eigenvalue weighted by molar-refractivity contribution is -0.389. The molecule has 0 bridgehead atoms. The smallest absolute Gasteiger partial charge is 0.378 e. The summed E-state index contributed by atoms with van der Waals surface area (Å²) in [6.07, 6.45) is 2.79. The van der Waals surface area contributed by atoms with Crippen LogP contribution in [-0.4, -0.2) is 41.2 Å². The zero-order chi connectivity index (χ0) is 10.8. The van der Waals surface area contributed by atoms with Gasteiger partial charge in [0.05, 0.1) is 6.10 Å². The number of methoxy groups -OCH3 is 1. The Morgan fingerprint density at radius 2 is 2.27 bits per heavy atom. The highest BCUT2D eigenvalue weighted by Crippen LogP contribution is 2.19. The van der Waals surface area contributed by atoms with Crippen molar-refractivity contribution in [1.29, 1.82) is 0 Å². The molecule has 15 heavy (non-hydrogen) atoms. The highest BCUT2D eigenvalue weighted by molar-refractivity contribution is 5.41. The minimum atomic E-state index is -0.565. The molecule has 0 spiro atoms. The first-order valence-electron chi connectivity index (χ1n) is 4.45. The summed E-state index contributed by atoms with van der Waals surface area (Å²) in [5, 5.41) is 10.3. The molecular weight excluding hydrogens is 200 g/mol. The second kappa shape index (κ2) is 3.77. The Morgan fingerprint density at radius 3 is 2.73 bits per heavy atom. The van der Waals surface area contributed by atoms with E-state index in [1.807, 2.05) is 4.90 Å². The van der Waals surface area contributed by atoms with E-state index in [9.17, 15) is 10.1 Å². The molecule has 0 amide bonds. The maximum Gasteiger partial charge on any atom is 0.382 e. The lowest BCUT2D eigenvalue weighted by atomic mass is 10.2. The van der Waals surface area contributed by atoms with Crippen LogP contribution in [0.1, 0.15) is 0 Å². The Hall–Kier alpha value is -1.76. The maximum absolute atomic E-state index is 10.3. The first kappa shape index (κ1) is 9.78. The Bertz CT molecular complexity index is 361. The molecule has 7 heteroatoms. The van der Waals surface area contributed by atoms with Gasteiger partial charge >= 0.3 is 5.82 Å². The van der Waals surface area contributed by atoms with Crippen LogP contribution < -0.4 is 4.90 Å². The second-order valence-electron chi connectivity index (χ2n) is 3.25. The molecule has 1 aliphatic heterocycles. The lowest BCUT2D eigenvalue weighted by Gasteiger charge is -2.38. The summed E-state index contributed by atoms with van der Waals surface area (Å²) in [5.74, 6) is 0.413. The minimum absolute atomic E-state index is 0.224. The average molecular weight is 210 g/mol. The van der Waals surface area contributed by atoms with Crippen molar-refractivity contribution >= 4 is 11.6 Å². The number of hydrogen-bond acceptors (Lipinski definition) is 6. The largest absolute Gasteiger partial charge is 0.382 e. The van der Waals surface area contributed by atoms with Crippen LogP contribution in [0.25, 0.3) is 0 Å². The van der Waals surface area contributed by atoms with Crippen LogP contribution >= 0.6 is 0 Å². The molecule has 1 fully saturated rings. The van der Waals surface area contributed by atoms with Crippen molar-refractivity contribution in [3.63, 3.8) is 0 Å². The summed E-state index contributed by atoms with van der Waals surface area (Å²) < 4.78 is 5.10. The van der Waals surface area contributed by atoms with E-state index in [1.54, 1.807) is 7.11 Å². The van der Waals surface area contributed by atoms with Crippen molar-refractivity contribution in [1.82, 2.24) is 9.97 Å². The topological polar surface area (TPSA) is 81.4 Å². The summed E-state index contributed by atoms with van der Waals surface area (Å²) in [4.78, 5) is 19.4. The standard InChI is InChI=1S/C8H10N4O3/c1-15-6-4-11(5-6)7-2-10-8(3-9-7)12(13)14/h2-3,6H,4-5H2,1H3. The van der Waals surface area contributed by atoms with Gasteiger partial charge < -0.3 is 19.8 Å². The van der Waals surface area contributed by atoms with Gasteiger partial charge in [0.1, 0.15) is 6.20 Å². The number of nitrogens with zero attached hydrogens (tertiary/aromatic N) is 4.